The van der Waals surface area contributed by atoms with Crippen molar-refractivity contribution in [2.45, 2.75) is 13.8 Å². The van der Waals surface area contributed by atoms with Crippen LogP contribution in [0.5, 0.6) is 0 Å². The van der Waals surface area contributed by atoms with Gasteiger partial charge in [0.1, 0.15) is 0 Å². The zero-order chi connectivity index (χ0) is 12.8. The molecule has 0 saturated heterocycles. The number of amides is 1. The van der Waals surface area contributed by atoms with Crippen LogP contribution >= 0.6 is 15.9 Å². The standard InChI is InChI=1S/C14H16BrNO/c1-4-9-16-14(17)11(3)10(2)12-5-7-13(15)8-6-12/h4-8H,1,9H2,2-3H3,(H,16,17). The number of rotatable bonds is 4. The number of allylic oxidation sites excluding steroid dienone is 1. The molecular weight excluding hydrogens is 278 g/mol. The minimum Gasteiger partial charge on any atom is -0.349 e. The monoisotopic (exact) mass is 293 g/mol. The first kappa shape index (κ1) is 13.7. The molecule has 0 aliphatic rings. The number of carbonyl (C=O) groups is 1. The molecule has 0 radical (unpaired) electrons. The third kappa shape index (κ3) is 3.86. The Bertz CT molecular complexity index is 446. The van der Waals surface area contributed by atoms with E-state index in [9.17, 15) is 4.79 Å². The van der Waals surface area contributed by atoms with Crippen LogP contribution in [-0.2, 0) is 4.79 Å². The second-order valence-electron chi connectivity index (χ2n) is 3.76. The highest BCUT2D eigenvalue weighted by atomic mass is 79.9. The van der Waals surface area contributed by atoms with Crippen LogP contribution in [0.15, 0.2) is 47.0 Å². The summed E-state index contributed by atoms with van der Waals surface area (Å²) in [4.78, 5) is 11.8. The van der Waals surface area contributed by atoms with Crippen LogP contribution in [0, 0.1) is 0 Å². The van der Waals surface area contributed by atoms with Crippen LogP contribution in [0.4, 0.5) is 0 Å². The quantitative estimate of drug-likeness (QED) is 0.668. The Morgan fingerprint density at radius 2 is 1.94 bits per heavy atom. The minimum atomic E-state index is -0.0506. The number of hydrogen-bond acceptors (Lipinski definition) is 1. The number of nitrogens with one attached hydrogen (secondary N) is 1. The van der Waals surface area contributed by atoms with E-state index in [0.717, 1.165) is 21.2 Å². The molecule has 0 atom stereocenters. The molecule has 0 unspecified atom stereocenters. The second-order valence-corrected chi connectivity index (χ2v) is 4.67. The Morgan fingerprint density at radius 3 is 2.47 bits per heavy atom. The lowest BCUT2D eigenvalue weighted by molar-refractivity contribution is -0.117. The molecule has 0 aliphatic carbocycles. The lowest BCUT2D eigenvalue weighted by Gasteiger charge is -2.08. The van der Waals surface area contributed by atoms with E-state index < -0.39 is 0 Å². The molecule has 1 amide bonds. The topological polar surface area (TPSA) is 29.1 Å². The van der Waals surface area contributed by atoms with Crippen LogP contribution < -0.4 is 5.32 Å². The maximum absolute atomic E-state index is 11.8. The van der Waals surface area contributed by atoms with Crippen molar-refractivity contribution in [3.63, 3.8) is 0 Å². The Kier molecular flexibility index (Phi) is 5.16. The summed E-state index contributed by atoms with van der Waals surface area (Å²) in [5.41, 5.74) is 2.77. The van der Waals surface area contributed by atoms with E-state index in [4.69, 9.17) is 0 Å². The van der Waals surface area contributed by atoms with E-state index in [-0.39, 0.29) is 5.91 Å². The van der Waals surface area contributed by atoms with E-state index >= 15 is 0 Å². The summed E-state index contributed by atoms with van der Waals surface area (Å²) in [6.45, 7) is 7.84. The van der Waals surface area contributed by atoms with Crippen molar-refractivity contribution in [3.8, 4) is 0 Å². The third-order valence-electron chi connectivity index (χ3n) is 2.59. The first-order valence-corrected chi connectivity index (χ1v) is 6.18. The molecule has 0 heterocycles. The van der Waals surface area contributed by atoms with Crippen molar-refractivity contribution in [1.82, 2.24) is 5.32 Å². The average molecular weight is 294 g/mol. The Labute approximate surface area is 111 Å². The lowest BCUT2D eigenvalue weighted by Crippen LogP contribution is -2.24. The maximum Gasteiger partial charge on any atom is 0.247 e. The largest absolute Gasteiger partial charge is 0.349 e. The van der Waals surface area contributed by atoms with Gasteiger partial charge < -0.3 is 5.32 Å². The molecule has 0 aromatic heterocycles. The second kappa shape index (κ2) is 6.40. The van der Waals surface area contributed by atoms with E-state index in [1.807, 2.05) is 38.1 Å². The summed E-state index contributed by atoms with van der Waals surface area (Å²) >= 11 is 3.39. The summed E-state index contributed by atoms with van der Waals surface area (Å²) in [7, 11) is 0. The van der Waals surface area contributed by atoms with Gasteiger partial charge in [0.25, 0.3) is 0 Å². The molecule has 0 aliphatic heterocycles. The van der Waals surface area contributed by atoms with Gasteiger partial charge in [-0.1, -0.05) is 34.1 Å². The number of hydrogen-bond donors (Lipinski definition) is 1. The molecule has 0 bridgehead atoms. The van der Waals surface area contributed by atoms with Crippen molar-refractivity contribution >= 4 is 27.4 Å². The van der Waals surface area contributed by atoms with Gasteiger partial charge >= 0.3 is 0 Å². The van der Waals surface area contributed by atoms with Gasteiger partial charge in [-0.2, -0.15) is 0 Å². The molecule has 90 valence electrons. The fourth-order valence-corrected chi connectivity index (χ4v) is 1.65. The molecular formula is C14H16BrNO. The number of carbonyl (C=O) groups excluding carboxylic acids is 1. The van der Waals surface area contributed by atoms with E-state index in [2.05, 4.69) is 27.8 Å². The summed E-state index contributed by atoms with van der Waals surface area (Å²) in [6.07, 6.45) is 1.67. The van der Waals surface area contributed by atoms with E-state index in [1.165, 1.54) is 0 Å². The zero-order valence-electron chi connectivity index (χ0n) is 10.1. The molecule has 1 rings (SSSR count). The summed E-state index contributed by atoms with van der Waals surface area (Å²) < 4.78 is 1.03. The van der Waals surface area contributed by atoms with Gasteiger partial charge in [-0.3, -0.25) is 4.79 Å². The molecule has 0 fully saturated rings. The summed E-state index contributed by atoms with van der Waals surface area (Å²) in [5.74, 6) is -0.0506. The molecule has 0 saturated carbocycles. The molecule has 1 N–H and O–H groups in total. The van der Waals surface area contributed by atoms with Gasteiger partial charge in [-0.05, 0) is 37.1 Å². The van der Waals surface area contributed by atoms with Gasteiger partial charge in [0.05, 0.1) is 0 Å². The van der Waals surface area contributed by atoms with Crippen molar-refractivity contribution in [1.29, 1.82) is 0 Å². The first-order chi connectivity index (χ1) is 8.06. The molecule has 2 nitrogen and oxygen atoms in total. The van der Waals surface area contributed by atoms with Crippen LogP contribution in [-0.4, -0.2) is 12.5 Å². The average Bonchev–Trinajstić information content (AvgIpc) is 2.35. The highest BCUT2D eigenvalue weighted by Gasteiger charge is 2.07. The van der Waals surface area contributed by atoms with E-state index in [0.29, 0.717) is 6.54 Å². The normalized spacial score (nSPS) is 11.7. The Balaban J connectivity index is 2.92. The zero-order valence-corrected chi connectivity index (χ0v) is 11.7. The Hall–Kier alpha value is -1.35. The predicted octanol–water partition coefficient (Wildman–Crippen LogP) is 3.54. The highest BCUT2D eigenvalue weighted by Crippen LogP contribution is 2.20. The highest BCUT2D eigenvalue weighted by molar-refractivity contribution is 9.10. The van der Waals surface area contributed by atoms with Gasteiger partial charge in [-0.15, -0.1) is 6.58 Å². The number of benzene rings is 1. The van der Waals surface area contributed by atoms with Crippen LogP contribution in [0.25, 0.3) is 5.57 Å². The fourth-order valence-electron chi connectivity index (χ4n) is 1.38. The first-order valence-electron chi connectivity index (χ1n) is 5.38. The fraction of sp³-hybridized carbons (Fsp3) is 0.214. The smallest absolute Gasteiger partial charge is 0.247 e. The third-order valence-corrected chi connectivity index (χ3v) is 3.12. The molecule has 1 aromatic rings. The van der Waals surface area contributed by atoms with Gasteiger partial charge in [-0.25, -0.2) is 0 Å². The van der Waals surface area contributed by atoms with Crippen LogP contribution in [0.3, 0.4) is 0 Å². The molecule has 17 heavy (non-hydrogen) atoms. The van der Waals surface area contributed by atoms with Crippen LogP contribution in [0.2, 0.25) is 0 Å². The lowest BCUT2D eigenvalue weighted by atomic mass is 10.0. The SMILES string of the molecule is C=CCNC(=O)C(C)=C(C)c1ccc(Br)cc1. The van der Waals surface area contributed by atoms with Crippen LogP contribution in [0.1, 0.15) is 19.4 Å². The van der Waals surface area contributed by atoms with Crippen molar-refractivity contribution in [2.24, 2.45) is 0 Å². The van der Waals surface area contributed by atoms with Crippen molar-refractivity contribution in [3.05, 3.63) is 52.5 Å². The van der Waals surface area contributed by atoms with Crippen molar-refractivity contribution < 1.29 is 4.79 Å². The Morgan fingerprint density at radius 1 is 1.35 bits per heavy atom. The summed E-state index contributed by atoms with van der Waals surface area (Å²) in [6, 6.07) is 7.91. The minimum absolute atomic E-state index is 0.0506. The van der Waals surface area contributed by atoms with E-state index in [1.54, 1.807) is 6.08 Å². The summed E-state index contributed by atoms with van der Waals surface area (Å²) in [5, 5.41) is 2.77. The van der Waals surface area contributed by atoms with Gasteiger partial charge in [0.15, 0.2) is 0 Å². The maximum atomic E-state index is 11.8. The molecule has 0 spiro atoms. The van der Waals surface area contributed by atoms with Crippen molar-refractivity contribution in [2.75, 3.05) is 6.54 Å². The van der Waals surface area contributed by atoms with Gasteiger partial charge in [0.2, 0.25) is 5.91 Å². The molecule has 1 aromatic carbocycles. The van der Waals surface area contributed by atoms with Gasteiger partial charge in [0, 0.05) is 16.6 Å². The molecule has 3 heteroatoms. The number of halogens is 1. The predicted molar refractivity (Wildman–Crippen MR) is 75.6 cm³/mol.